The molecule has 4 heterocycles. The summed E-state index contributed by atoms with van der Waals surface area (Å²) in [6.07, 6.45) is 3.43. The molecule has 0 bridgehead atoms. The van der Waals surface area contributed by atoms with Crippen LogP contribution in [0.3, 0.4) is 0 Å². The van der Waals surface area contributed by atoms with Gasteiger partial charge in [0.05, 0.1) is 35.4 Å². The van der Waals surface area contributed by atoms with E-state index in [4.69, 9.17) is 20.8 Å². The Morgan fingerprint density at radius 2 is 1.75 bits per heavy atom. The second-order valence-corrected chi connectivity index (χ2v) is 13.6. The molecule has 1 saturated heterocycles. The Bertz CT molecular complexity index is 2310. The number of alkyl carbamates (subject to hydrolysis) is 1. The van der Waals surface area contributed by atoms with Crippen molar-refractivity contribution in [2.45, 2.75) is 44.7 Å². The number of benzene rings is 3. The maximum absolute atomic E-state index is 13.6. The van der Waals surface area contributed by atoms with Crippen LogP contribution in [0.4, 0.5) is 10.5 Å². The van der Waals surface area contributed by atoms with Crippen LogP contribution in [0.25, 0.3) is 33.6 Å². The van der Waals surface area contributed by atoms with E-state index in [2.05, 4.69) is 20.3 Å². The van der Waals surface area contributed by atoms with E-state index >= 15 is 0 Å². The van der Waals surface area contributed by atoms with Crippen LogP contribution in [0.2, 0.25) is 5.02 Å². The number of nitrogens with zero attached hydrogens (tertiary/aromatic N) is 6. The number of amides is 1. The van der Waals surface area contributed by atoms with Gasteiger partial charge >= 0.3 is 6.09 Å². The number of nitro benzene ring substituents is 1. The Labute approximate surface area is 308 Å². The van der Waals surface area contributed by atoms with Gasteiger partial charge in [0.25, 0.3) is 11.2 Å². The highest BCUT2D eigenvalue weighted by molar-refractivity contribution is 6.31. The Morgan fingerprint density at radius 3 is 2.43 bits per heavy atom. The number of likely N-dealkylation sites (tertiary alicyclic amines) is 1. The van der Waals surface area contributed by atoms with Crippen LogP contribution in [0, 0.1) is 10.1 Å². The van der Waals surface area contributed by atoms with Crippen molar-refractivity contribution in [1.29, 1.82) is 0 Å². The molecule has 0 atom stereocenters. The molecule has 3 aromatic carbocycles. The molecule has 15 heteroatoms. The average Bonchev–Trinajstić information content (AvgIpc) is 3.82. The lowest BCUT2D eigenvalue weighted by Crippen LogP contribution is -2.47. The van der Waals surface area contributed by atoms with E-state index < -0.39 is 16.6 Å². The Morgan fingerprint density at radius 1 is 1.04 bits per heavy atom. The van der Waals surface area contributed by atoms with Gasteiger partial charge in [0.1, 0.15) is 17.9 Å². The molecule has 2 N–H and O–H groups in total. The summed E-state index contributed by atoms with van der Waals surface area (Å²) in [5.74, 6) is 0.757. The molecular weight excluding hydrogens is 702 g/mol. The molecule has 3 aromatic heterocycles. The Hall–Kier alpha value is -5.83. The first kappa shape index (κ1) is 35.6. The molecular formula is C38H36ClN7O7. The van der Waals surface area contributed by atoms with E-state index in [0.29, 0.717) is 54.3 Å². The van der Waals surface area contributed by atoms with Crippen molar-refractivity contribution >= 4 is 34.4 Å². The summed E-state index contributed by atoms with van der Waals surface area (Å²) in [4.78, 5) is 43.0. The van der Waals surface area contributed by atoms with Gasteiger partial charge in [-0.25, -0.2) is 9.78 Å². The monoisotopic (exact) mass is 737 g/mol. The number of carbonyl (C=O) groups excluding carboxylic acids is 1. The molecule has 14 nitrogen and oxygen atoms in total. The minimum absolute atomic E-state index is 0.0233. The highest BCUT2D eigenvalue weighted by Gasteiger charge is 2.34. The predicted molar refractivity (Wildman–Crippen MR) is 197 cm³/mol. The topological polar surface area (TPSA) is 171 Å². The van der Waals surface area contributed by atoms with Crippen molar-refractivity contribution in [1.82, 2.24) is 29.5 Å². The van der Waals surface area contributed by atoms with E-state index in [1.54, 1.807) is 30.1 Å². The molecule has 0 radical (unpaired) electrons. The molecule has 53 heavy (non-hydrogen) atoms. The molecule has 7 rings (SSSR count). The molecule has 1 fully saturated rings. The van der Waals surface area contributed by atoms with Crippen molar-refractivity contribution in [3.05, 3.63) is 134 Å². The molecule has 6 aromatic rings. The summed E-state index contributed by atoms with van der Waals surface area (Å²) >= 11 is 6.61. The summed E-state index contributed by atoms with van der Waals surface area (Å²) in [7, 11) is 1.74. The van der Waals surface area contributed by atoms with Crippen LogP contribution in [0.15, 0.2) is 101 Å². The van der Waals surface area contributed by atoms with Crippen LogP contribution in [0.1, 0.15) is 29.5 Å². The Kier molecular flexibility index (Phi) is 10.1. The van der Waals surface area contributed by atoms with Crippen molar-refractivity contribution < 1.29 is 24.0 Å². The van der Waals surface area contributed by atoms with Gasteiger partial charge in [0, 0.05) is 61.5 Å². The molecule has 0 spiro atoms. The van der Waals surface area contributed by atoms with Gasteiger partial charge in [-0.3, -0.25) is 29.1 Å². The van der Waals surface area contributed by atoms with E-state index in [0.717, 1.165) is 28.0 Å². The highest BCUT2D eigenvalue weighted by atomic mass is 35.5. The summed E-state index contributed by atoms with van der Waals surface area (Å²) in [5.41, 5.74) is 3.98. The van der Waals surface area contributed by atoms with Crippen LogP contribution in [0.5, 0.6) is 0 Å². The number of aromatic nitrogens is 4. The van der Waals surface area contributed by atoms with Gasteiger partial charge in [-0.2, -0.15) is 5.10 Å². The predicted octanol–water partition coefficient (Wildman–Crippen LogP) is 6.07. The lowest BCUT2D eigenvalue weighted by atomic mass is 9.91. The average molecular weight is 738 g/mol. The maximum atomic E-state index is 13.6. The zero-order valence-electron chi connectivity index (χ0n) is 28.8. The standard InChI is InChI=1S/C38H36ClN7O7/c1-43-35(27-8-4-26(5-9-27)22-53-37(48)40-20-25-6-12-30(13-7-25)46(50)51)33-34(42-43)36(47)45(24-41-33)23-38(49)14-16-44(17-15-38)21-29-11-10-28(19-31(29)39)32-3-2-18-52-32/h2-13,18-19,24,49H,14-17,20-23H2,1H3,(H,40,48). The van der Waals surface area contributed by atoms with Crippen LogP contribution < -0.4 is 10.9 Å². The third-order valence-corrected chi connectivity index (χ3v) is 9.85. The Balaban J connectivity index is 0.945. The van der Waals surface area contributed by atoms with E-state index in [9.17, 15) is 24.8 Å². The number of piperidine rings is 1. The maximum Gasteiger partial charge on any atom is 0.407 e. The minimum Gasteiger partial charge on any atom is -0.464 e. The van der Waals surface area contributed by atoms with Crippen molar-refractivity contribution in [3.63, 3.8) is 0 Å². The highest BCUT2D eigenvalue weighted by Crippen LogP contribution is 2.30. The van der Waals surface area contributed by atoms with Crippen molar-refractivity contribution in [3.8, 4) is 22.6 Å². The van der Waals surface area contributed by atoms with Crippen LogP contribution >= 0.6 is 11.6 Å². The van der Waals surface area contributed by atoms with Gasteiger partial charge in [-0.1, -0.05) is 60.1 Å². The molecule has 272 valence electrons. The number of halogens is 1. The van der Waals surface area contributed by atoms with Crippen molar-refractivity contribution in [2.75, 3.05) is 13.1 Å². The first-order valence-electron chi connectivity index (χ1n) is 17.0. The number of hydrogen-bond acceptors (Lipinski definition) is 10. The van der Waals surface area contributed by atoms with Gasteiger partial charge < -0.3 is 19.6 Å². The number of fused-ring (bicyclic) bond motifs is 1. The number of non-ortho nitro benzene ring substituents is 1. The normalized spacial score (nSPS) is 14.3. The molecule has 1 aliphatic rings. The molecule has 1 amide bonds. The van der Waals surface area contributed by atoms with Crippen molar-refractivity contribution in [2.24, 2.45) is 7.05 Å². The van der Waals surface area contributed by atoms with Gasteiger partial charge in [-0.15, -0.1) is 0 Å². The number of nitrogens with one attached hydrogen (secondary N) is 1. The van der Waals surface area contributed by atoms with E-state index in [-0.39, 0.29) is 36.5 Å². The molecule has 0 aliphatic carbocycles. The van der Waals surface area contributed by atoms with Crippen LogP contribution in [-0.2, 0) is 38.0 Å². The summed E-state index contributed by atoms with van der Waals surface area (Å²) in [6, 6.07) is 22.8. The fourth-order valence-corrected chi connectivity index (χ4v) is 6.76. The second-order valence-electron chi connectivity index (χ2n) is 13.2. The number of nitro groups is 1. The number of aliphatic hydroxyl groups is 1. The molecule has 0 unspecified atom stereocenters. The zero-order chi connectivity index (χ0) is 37.1. The number of ether oxygens (including phenoxy) is 1. The summed E-state index contributed by atoms with van der Waals surface area (Å²) < 4.78 is 13.9. The lowest BCUT2D eigenvalue weighted by molar-refractivity contribution is -0.384. The smallest absolute Gasteiger partial charge is 0.407 e. The SMILES string of the molecule is Cn1nc2c(=O)n(CC3(O)CCN(Cc4ccc(-c5ccco5)cc4Cl)CC3)cnc2c1-c1ccc(COC(=O)NCc2ccc([N+](=O)[O-])cc2)cc1. The summed E-state index contributed by atoms with van der Waals surface area (Å²) in [5, 5.41) is 30.1. The van der Waals surface area contributed by atoms with E-state index in [1.165, 1.54) is 23.0 Å². The van der Waals surface area contributed by atoms with Gasteiger partial charge in [0.15, 0.2) is 5.52 Å². The van der Waals surface area contributed by atoms with Crippen LogP contribution in [-0.4, -0.2) is 59.0 Å². The second kappa shape index (κ2) is 15.0. The largest absolute Gasteiger partial charge is 0.464 e. The number of furan rings is 1. The first-order valence-corrected chi connectivity index (χ1v) is 17.4. The molecule has 1 aliphatic heterocycles. The number of carbonyl (C=O) groups is 1. The first-order chi connectivity index (χ1) is 25.5. The third kappa shape index (κ3) is 7.99. The number of rotatable bonds is 11. The van der Waals surface area contributed by atoms with Gasteiger partial charge in [-0.05, 0) is 47.7 Å². The van der Waals surface area contributed by atoms with E-state index in [1.807, 2.05) is 54.6 Å². The summed E-state index contributed by atoms with van der Waals surface area (Å²) in [6.45, 7) is 2.21. The minimum atomic E-state index is -1.08. The lowest BCUT2D eigenvalue weighted by Gasteiger charge is -2.38. The quantitative estimate of drug-likeness (QED) is 0.117. The zero-order valence-corrected chi connectivity index (χ0v) is 29.5. The third-order valence-electron chi connectivity index (χ3n) is 9.50. The molecule has 0 saturated carbocycles. The fourth-order valence-electron chi connectivity index (χ4n) is 6.51. The van der Waals surface area contributed by atoms with Gasteiger partial charge in [0.2, 0.25) is 0 Å². The fraction of sp³-hybridized carbons (Fsp3) is 0.263. The number of aryl methyl sites for hydroxylation is 1. The number of hydrogen-bond donors (Lipinski definition) is 2.